The molecule has 7 rings (SSSR count). The van der Waals surface area contributed by atoms with Crippen LogP contribution in [-0.2, 0) is 4.79 Å². The number of nitrogens with zero attached hydrogens (tertiary/aromatic N) is 4. The van der Waals surface area contributed by atoms with Crippen LogP contribution in [0.3, 0.4) is 0 Å². The summed E-state index contributed by atoms with van der Waals surface area (Å²) < 4.78 is 0. The van der Waals surface area contributed by atoms with E-state index in [0.29, 0.717) is 16.5 Å². The van der Waals surface area contributed by atoms with Crippen LogP contribution in [0.4, 0.5) is 22.7 Å². The van der Waals surface area contributed by atoms with E-state index in [1.54, 1.807) is 5.01 Å². The number of aliphatic imine (C=N–C) groups is 1. The van der Waals surface area contributed by atoms with Crippen molar-refractivity contribution in [2.24, 2.45) is 10.1 Å². The number of carbonyl (C=O) groups excluding carboxylic acids is 1. The Bertz CT molecular complexity index is 1840. The molecule has 0 aromatic heterocycles. The molecule has 5 aromatic carbocycles. The highest BCUT2D eigenvalue weighted by atomic mass is 35.5. The van der Waals surface area contributed by atoms with Gasteiger partial charge in [0.25, 0.3) is 5.91 Å². The lowest BCUT2D eigenvalue weighted by molar-refractivity contribution is -0.110. The molecule has 0 fully saturated rings. The first kappa shape index (κ1) is 23.9. The summed E-state index contributed by atoms with van der Waals surface area (Å²) in [5, 5.41) is 12.5. The van der Waals surface area contributed by atoms with Gasteiger partial charge < -0.3 is 5.32 Å². The van der Waals surface area contributed by atoms with Crippen LogP contribution in [0.15, 0.2) is 137 Å². The Kier molecular flexibility index (Phi) is 5.87. The fourth-order valence-electron chi connectivity index (χ4n) is 5.02. The number of halogens is 1. The van der Waals surface area contributed by atoms with Crippen molar-refractivity contribution in [1.29, 1.82) is 0 Å². The summed E-state index contributed by atoms with van der Waals surface area (Å²) in [7, 11) is 0. The molecule has 40 heavy (non-hydrogen) atoms. The molecular formula is C33H22ClN5O. The van der Waals surface area contributed by atoms with Gasteiger partial charge in [-0.25, -0.2) is 10.0 Å². The van der Waals surface area contributed by atoms with Gasteiger partial charge in [0.1, 0.15) is 5.84 Å². The largest absolute Gasteiger partial charge is 0.319 e. The molecule has 2 aliphatic rings. The minimum atomic E-state index is -0.364. The van der Waals surface area contributed by atoms with E-state index in [1.807, 2.05) is 132 Å². The number of hydrogen-bond donors (Lipinski definition) is 1. The minimum Gasteiger partial charge on any atom is -0.319 e. The summed E-state index contributed by atoms with van der Waals surface area (Å²) >= 11 is 6.24. The summed E-state index contributed by atoms with van der Waals surface area (Å²) in [6, 6.07) is 38.8. The summed E-state index contributed by atoms with van der Waals surface area (Å²) in [6.45, 7) is 0. The van der Waals surface area contributed by atoms with Crippen molar-refractivity contribution < 1.29 is 4.79 Å². The fraction of sp³-hybridized carbons (Fsp3) is 0. The van der Waals surface area contributed by atoms with Crippen LogP contribution in [0, 0.1) is 0 Å². The third-order valence-corrected chi connectivity index (χ3v) is 7.09. The van der Waals surface area contributed by atoms with Gasteiger partial charge in [-0.1, -0.05) is 84.4 Å². The van der Waals surface area contributed by atoms with Crippen LogP contribution in [0.1, 0.15) is 5.56 Å². The lowest BCUT2D eigenvalue weighted by Gasteiger charge is -2.29. The lowest BCUT2D eigenvalue weighted by atomic mass is 10.0. The molecule has 2 aliphatic heterocycles. The Morgan fingerprint density at radius 2 is 1.45 bits per heavy atom. The van der Waals surface area contributed by atoms with Gasteiger partial charge in [-0.3, -0.25) is 9.69 Å². The topological polar surface area (TPSA) is 60.3 Å². The molecule has 6 nitrogen and oxygen atoms in total. The predicted molar refractivity (Wildman–Crippen MR) is 164 cm³/mol. The van der Waals surface area contributed by atoms with Gasteiger partial charge in [0.2, 0.25) is 5.84 Å². The van der Waals surface area contributed by atoms with E-state index in [-0.39, 0.29) is 11.7 Å². The molecule has 0 radical (unpaired) electrons. The first-order chi connectivity index (χ1) is 19.7. The standard InChI is InChI=1S/C33H22ClN5O/c34-24-17-19-26(20-18-24)39-29(22-9-3-1-4-10-22)21-30-36-27-15-7-11-23-12-8-16-28(31(23)27)38(30)32(37-39)33(40)35-25-13-5-2-6-14-25/h1-21H,(H,35,40). The summed E-state index contributed by atoms with van der Waals surface area (Å²) in [6.07, 6.45) is 1.98. The van der Waals surface area contributed by atoms with Crippen molar-refractivity contribution in [3.8, 4) is 0 Å². The van der Waals surface area contributed by atoms with E-state index >= 15 is 0 Å². The molecule has 0 spiro atoms. The zero-order valence-electron chi connectivity index (χ0n) is 21.2. The highest BCUT2D eigenvalue weighted by Gasteiger charge is 2.34. The molecule has 0 atom stereocenters. The number of hydrazone groups is 1. The Hall–Kier alpha value is -5.20. The molecule has 1 amide bonds. The van der Waals surface area contributed by atoms with Crippen LogP contribution in [0.5, 0.6) is 0 Å². The molecule has 0 unspecified atom stereocenters. The van der Waals surface area contributed by atoms with E-state index < -0.39 is 0 Å². The Morgan fingerprint density at radius 3 is 2.20 bits per heavy atom. The third-order valence-electron chi connectivity index (χ3n) is 6.84. The second-order valence-electron chi connectivity index (χ2n) is 9.39. The van der Waals surface area contributed by atoms with Crippen molar-refractivity contribution in [3.05, 3.63) is 138 Å². The monoisotopic (exact) mass is 539 g/mol. The van der Waals surface area contributed by atoms with Gasteiger partial charge in [0, 0.05) is 27.7 Å². The van der Waals surface area contributed by atoms with Crippen LogP contribution in [-0.4, -0.2) is 17.6 Å². The van der Waals surface area contributed by atoms with Crippen molar-refractivity contribution in [3.63, 3.8) is 0 Å². The van der Waals surface area contributed by atoms with Crippen molar-refractivity contribution >= 4 is 68.4 Å². The van der Waals surface area contributed by atoms with Crippen molar-refractivity contribution in [1.82, 2.24) is 0 Å². The molecule has 5 aromatic rings. The zero-order valence-corrected chi connectivity index (χ0v) is 22.0. The van der Waals surface area contributed by atoms with Gasteiger partial charge in [-0.2, -0.15) is 0 Å². The van der Waals surface area contributed by atoms with Gasteiger partial charge in [-0.05, 0) is 53.9 Å². The maximum absolute atomic E-state index is 14.1. The van der Waals surface area contributed by atoms with Crippen LogP contribution < -0.4 is 15.2 Å². The van der Waals surface area contributed by atoms with Gasteiger partial charge in [-0.15, -0.1) is 5.10 Å². The second-order valence-corrected chi connectivity index (χ2v) is 9.82. The molecule has 0 saturated carbocycles. The van der Waals surface area contributed by atoms with E-state index in [4.69, 9.17) is 21.7 Å². The van der Waals surface area contributed by atoms with Crippen LogP contribution in [0.2, 0.25) is 5.02 Å². The van der Waals surface area contributed by atoms with Crippen molar-refractivity contribution in [2.75, 3.05) is 15.2 Å². The lowest BCUT2D eigenvalue weighted by Crippen LogP contribution is -2.44. The van der Waals surface area contributed by atoms with Gasteiger partial charge >= 0.3 is 0 Å². The molecule has 7 heteroatoms. The molecule has 0 saturated heterocycles. The first-order valence-corrected chi connectivity index (χ1v) is 13.2. The minimum absolute atomic E-state index is 0.182. The normalized spacial score (nSPS) is 14.1. The van der Waals surface area contributed by atoms with E-state index in [0.717, 1.165) is 39.1 Å². The smallest absolute Gasteiger partial charge is 0.293 e. The number of amides is 1. The Balaban J connectivity index is 1.50. The summed E-state index contributed by atoms with van der Waals surface area (Å²) in [5.41, 5.74) is 4.78. The van der Waals surface area contributed by atoms with Crippen LogP contribution >= 0.6 is 11.6 Å². The number of carbonyl (C=O) groups is 1. The number of rotatable bonds is 4. The number of anilines is 3. The van der Waals surface area contributed by atoms with Gasteiger partial charge in [0.15, 0.2) is 0 Å². The molecule has 2 heterocycles. The fourth-order valence-corrected chi connectivity index (χ4v) is 5.15. The molecular weight excluding hydrogens is 518 g/mol. The number of para-hydroxylation sites is 1. The maximum atomic E-state index is 14.1. The first-order valence-electron chi connectivity index (χ1n) is 12.8. The predicted octanol–water partition coefficient (Wildman–Crippen LogP) is 7.86. The average Bonchev–Trinajstić information content (AvgIpc) is 3.16. The number of hydrogen-bond acceptors (Lipinski definition) is 5. The van der Waals surface area contributed by atoms with E-state index in [2.05, 4.69) is 5.32 Å². The van der Waals surface area contributed by atoms with Crippen LogP contribution in [0.25, 0.3) is 16.5 Å². The number of amidine groups is 2. The number of nitrogens with one attached hydrogen (secondary N) is 1. The van der Waals surface area contributed by atoms with Gasteiger partial charge in [0.05, 0.1) is 22.8 Å². The van der Waals surface area contributed by atoms with E-state index in [1.165, 1.54) is 0 Å². The molecule has 0 aliphatic carbocycles. The molecule has 0 bridgehead atoms. The second kappa shape index (κ2) is 9.84. The third kappa shape index (κ3) is 4.21. The Labute approximate surface area is 236 Å². The SMILES string of the molecule is O=C(Nc1ccccc1)C1=NN(c2ccc(Cl)cc2)C(c2ccccc2)=CC2=Nc3cccc4cccc(c34)N21. The highest BCUT2D eigenvalue weighted by molar-refractivity contribution is 6.53. The maximum Gasteiger partial charge on any atom is 0.293 e. The Morgan fingerprint density at radius 1 is 0.750 bits per heavy atom. The average molecular weight is 540 g/mol. The highest BCUT2D eigenvalue weighted by Crippen LogP contribution is 2.41. The van der Waals surface area contributed by atoms with Crippen molar-refractivity contribution in [2.45, 2.75) is 0 Å². The molecule has 1 N–H and O–H groups in total. The summed E-state index contributed by atoms with van der Waals surface area (Å²) in [5.74, 6) is 0.405. The summed E-state index contributed by atoms with van der Waals surface area (Å²) in [4.78, 5) is 21.0. The number of benzene rings is 5. The molecule has 192 valence electrons. The van der Waals surface area contributed by atoms with E-state index in [9.17, 15) is 4.79 Å². The quantitative estimate of drug-likeness (QED) is 0.253. The zero-order chi connectivity index (χ0) is 27.1. The number of fused-ring (bicyclic) bond motifs is 2.